The first kappa shape index (κ1) is 23.7. The molecule has 4 N–H and O–H groups in total. The number of hydrogen-bond donors (Lipinski definition) is 3. The third kappa shape index (κ3) is 4.63. The zero-order valence-electron chi connectivity index (χ0n) is 20.2. The maximum absolute atomic E-state index is 12.3. The molecule has 10 nitrogen and oxygen atoms in total. The second-order valence-electron chi connectivity index (χ2n) is 9.49. The minimum absolute atomic E-state index is 0.0389. The van der Waals surface area contributed by atoms with Gasteiger partial charge in [0.2, 0.25) is 10.0 Å². The number of nitrogens with one attached hydrogen (secondary N) is 2. The molecule has 0 radical (unpaired) electrons. The van der Waals surface area contributed by atoms with Gasteiger partial charge in [-0.05, 0) is 37.9 Å². The number of rotatable bonds is 7. The summed E-state index contributed by atoms with van der Waals surface area (Å²) in [7, 11) is -1.24. The van der Waals surface area contributed by atoms with E-state index in [9.17, 15) is 8.42 Å². The Morgan fingerprint density at radius 1 is 1.11 bits per heavy atom. The molecule has 35 heavy (non-hydrogen) atoms. The summed E-state index contributed by atoms with van der Waals surface area (Å²) in [6.07, 6.45) is 5.27. The third-order valence-electron chi connectivity index (χ3n) is 7.16. The van der Waals surface area contributed by atoms with E-state index in [1.54, 1.807) is 23.6 Å². The van der Waals surface area contributed by atoms with Crippen LogP contribution < -0.4 is 16.0 Å². The molecule has 0 aliphatic carbocycles. The molecule has 2 aromatic heterocycles. The molecule has 0 amide bonds. The lowest BCUT2D eigenvalue weighted by Crippen LogP contribution is -2.35. The summed E-state index contributed by atoms with van der Waals surface area (Å²) in [5.41, 5.74) is 9.78. The maximum Gasteiger partial charge on any atom is 0.213 e. The Kier molecular flexibility index (Phi) is 6.24. The Labute approximate surface area is 206 Å². The molecule has 11 heteroatoms. The highest BCUT2D eigenvalue weighted by atomic mass is 32.2. The van der Waals surface area contributed by atoms with E-state index in [0.29, 0.717) is 30.4 Å². The van der Waals surface area contributed by atoms with Crippen molar-refractivity contribution in [3.05, 3.63) is 42.2 Å². The molecule has 1 aromatic carbocycles. The number of nitrogens with two attached hydrogens (primary N) is 1. The monoisotopic (exact) mass is 496 g/mol. The van der Waals surface area contributed by atoms with Crippen molar-refractivity contribution in [1.29, 1.82) is 0 Å². The van der Waals surface area contributed by atoms with Crippen LogP contribution in [0.15, 0.2) is 36.7 Å². The van der Waals surface area contributed by atoms with Crippen molar-refractivity contribution >= 4 is 21.7 Å². The highest BCUT2D eigenvalue weighted by Gasteiger charge is 2.46. The number of nitrogen functional groups attached to an aromatic ring is 1. The molecule has 1 unspecified atom stereocenters. The van der Waals surface area contributed by atoms with E-state index in [-0.39, 0.29) is 11.2 Å². The lowest BCUT2D eigenvalue weighted by Gasteiger charge is -2.25. The fraction of sp³-hybridized carbons (Fsp3) is 0.458. The molecule has 0 saturated carbocycles. The molecule has 0 bridgehead atoms. The lowest BCUT2D eigenvalue weighted by molar-refractivity contribution is 0.341. The number of imidazole rings is 1. The molecule has 2 saturated heterocycles. The molecule has 1 atom stereocenters. The van der Waals surface area contributed by atoms with Gasteiger partial charge in [-0.3, -0.25) is 0 Å². The van der Waals surface area contributed by atoms with E-state index in [0.717, 1.165) is 49.6 Å². The van der Waals surface area contributed by atoms with Crippen LogP contribution in [0.5, 0.6) is 0 Å². The van der Waals surface area contributed by atoms with Crippen molar-refractivity contribution in [3.63, 3.8) is 0 Å². The van der Waals surface area contributed by atoms with E-state index < -0.39 is 10.0 Å². The number of anilines is 2. The normalized spacial score (nSPS) is 20.8. The fourth-order valence-corrected chi connectivity index (χ4v) is 6.29. The van der Waals surface area contributed by atoms with Crippen LogP contribution in [0.1, 0.15) is 25.3 Å². The zero-order chi connectivity index (χ0) is 24.6. The molecular weight excluding hydrogens is 464 g/mol. The largest absolute Gasteiger partial charge is 0.382 e. The quantitative estimate of drug-likeness (QED) is 0.453. The van der Waals surface area contributed by atoms with Gasteiger partial charge in [0, 0.05) is 38.1 Å². The third-order valence-corrected chi connectivity index (χ3v) is 8.99. The Hall–Kier alpha value is -3.02. The predicted octanol–water partition coefficient (Wildman–Crippen LogP) is 2.09. The van der Waals surface area contributed by atoms with Crippen molar-refractivity contribution in [2.45, 2.75) is 26.3 Å². The topological polar surface area (TPSA) is 133 Å². The van der Waals surface area contributed by atoms with Crippen LogP contribution >= 0.6 is 0 Å². The summed E-state index contributed by atoms with van der Waals surface area (Å²) in [6, 6.07) is 8.28. The van der Waals surface area contributed by atoms with Gasteiger partial charge in [-0.25, -0.2) is 27.7 Å². The predicted molar refractivity (Wildman–Crippen MR) is 137 cm³/mol. The Balaban J connectivity index is 1.34. The number of hydrogen-bond acceptors (Lipinski definition) is 8. The summed E-state index contributed by atoms with van der Waals surface area (Å²) in [6.45, 7) is 5.24. The maximum atomic E-state index is 12.3. The fourth-order valence-electron chi connectivity index (χ4n) is 5.09. The van der Waals surface area contributed by atoms with Crippen LogP contribution in [0.3, 0.4) is 0 Å². The van der Waals surface area contributed by atoms with Crippen LogP contribution in [0.25, 0.3) is 22.8 Å². The molecule has 186 valence electrons. The highest BCUT2D eigenvalue weighted by Crippen LogP contribution is 2.42. The van der Waals surface area contributed by atoms with Crippen LogP contribution in [0, 0.1) is 5.41 Å². The molecule has 5 rings (SSSR count). The summed E-state index contributed by atoms with van der Waals surface area (Å²) < 4.78 is 26.3. The van der Waals surface area contributed by atoms with Crippen molar-refractivity contribution in [2.75, 3.05) is 49.6 Å². The summed E-state index contributed by atoms with van der Waals surface area (Å²) in [4.78, 5) is 19.3. The molecule has 4 heterocycles. The molecule has 2 fully saturated rings. The summed E-state index contributed by atoms with van der Waals surface area (Å²) in [5, 5.41) is 3.15. The van der Waals surface area contributed by atoms with Gasteiger partial charge < -0.3 is 20.9 Å². The van der Waals surface area contributed by atoms with Crippen LogP contribution in [0.2, 0.25) is 0 Å². The van der Waals surface area contributed by atoms with E-state index in [2.05, 4.69) is 49.4 Å². The molecular formula is C24H32N8O2S. The average molecular weight is 497 g/mol. The summed E-state index contributed by atoms with van der Waals surface area (Å²) >= 11 is 0. The van der Waals surface area contributed by atoms with E-state index in [4.69, 9.17) is 10.7 Å². The highest BCUT2D eigenvalue weighted by molar-refractivity contribution is 7.89. The Bertz CT molecular complexity index is 1310. The number of aromatic nitrogens is 4. The lowest BCUT2D eigenvalue weighted by atomic mass is 9.87. The van der Waals surface area contributed by atoms with Gasteiger partial charge in [-0.2, -0.15) is 0 Å². The number of H-pyrrole nitrogens is 1. The number of nitrogens with zero attached hydrogens (tertiary/aromatic N) is 5. The van der Waals surface area contributed by atoms with Gasteiger partial charge >= 0.3 is 0 Å². The van der Waals surface area contributed by atoms with Crippen molar-refractivity contribution < 1.29 is 8.42 Å². The van der Waals surface area contributed by atoms with Gasteiger partial charge in [0.1, 0.15) is 5.82 Å². The van der Waals surface area contributed by atoms with Gasteiger partial charge in [0.25, 0.3) is 0 Å². The zero-order valence-corrected chi connectivity index (χ0v) is 21.0. The number of aromatic amines is 1. The van der Waals surface area contributed by atoms with Crippen LogP contribution in [-0.4, -0.2) is 71.6 Å². The smallest absolute Gasteiger partial charge is 0.213 e. The van der Waals surface area contributed by atoms with Gasteiger partial charge in [-0.1, -0.05) is 24.3 Å². The van der Waals surface area contributed by atoms with Gasteiger partial charge in [0.15, 0.2) is 17.3 Å². The summed E-state index contributed by atoms with van der Waals surface area (Å²) in [5.74, 6) is 1.76. The Morgan fingerprint density at radius 3 is 2.63 bits per heavy atom. The second kappa shape index (κ2) is 9.21. The number of benzene rings is 1. The minimum Gasteiger partial charge on any atom is -0.382 e. The molecule has 2 aliphatic heterocycles. The second-order valence-corrected chi connectivity index (χ2v) is 11.7. The Morgan fingerprint density at radius 2 is 1.89 bits per heavy atom. The number of sulfonamides is 1. The van der Waals surface area contributed by atoms with Crippen LogP contribution in [-0.2, 0) is 16.6 Å². The van der Waals surface area contributed by atoms with E-state index >= 15 is 0 Å². The van der Waals surface area contributed by atoms with Crippen molar-refractivity contribution in [1.82, 2.24) is 29.6 Å². The van der Waals surface area contributed by atoms with Crippen molar-refractivity contribution in [2.24, 2.45) is 5.41 Å². The minimum atomic E-state index is -3.16. The molecule has 2 aliphatic rings. The van der Waals surface area contributed by atoms with Gasteiger partial charge in [-0.15, -0.1) is 0 Å². The SMILES string of the molecule is CCS(=O)(=O)N1CCC2(CCN(c3cnc(N)c(-c4ncc(-c5ccc(CNC)cc5)[nH]4)n3)C2)C1. The van der Waals surface area contributed by atoms with Gasteiger partial charge in [0.05, 0.1) is 23.8 Å². The van der Waals surface area contributed by atoms with E-state index in [1.807, 2.05) is 7.05 Å². The molecule has 1 spiro atoms. The van der Waals surface area contributed by atoms with E-state index in [1.165, 1.54) is 5.56 Å². The van der Waals surface area contributed by atoms with Crippen molar-refractivity contribution in [3.8, 4) is 22.8 Å². The first-order valence-electron chi connectivity index (χ1n) is 12.0. The first-order chi connectivity index (χ1) is 16.8. The average Bonchev–Trinajstić information content (AvgIpc) is 3.61. The molecule has 3 aromatic rings. The van der Waals surface area contributed by atoms with Crippen LogP contribution in [0.4, 0.5) is 11.6 Å². The first-order valence-corrected chi connectivity index (χ1v) is 13.6. The standard InChI is InChI=1S/C24H32N8O2S/c1-3-35(33,34)32-11-9-24(16-32)8-10-31(15-24)20-14-27-22(25)21(30-20)23-28-13-19(29-23)18-6-4-17(5-7-18)12-26-2/h4-7,13-14,26H,3,8-12,15-16H2,1-2H3,(H2,25,27)(H,28,29).